The first-order valence-corrected chi connectivity index (χ1v) is 10.9. The molecule has 1 amide bonds. The number of fused-ring (bicyclic) bond motifs is 2. The van der Waals surface area contributed by atoms with E-state index >= 15 is 0 Å². The van der Waals surface area contributed by atoms with Crippen LogP contribution in [0, 0.1) is 5.92 Å². The third-order valence-corrected chi connectivity index (χ3v) is 7.12. The molecule has 1 aromatic carbocycles. The lowest BCUT2D eigenvalue weighted by Crippen LogP contribution is -2.61. The Balaban J connectivity index is 1.43. The minimum Gasteiger partial charge on any atom is -0.454 e. The third-order valence-electron chi connectivity index (χ3n) is 5.85. The largest absolute Gasteiger partial charge is 0.454 e. The van der Waals surface area contributed by atoms with Crippen LogP contribution in [0.2, 0.25) is 0 Å². The minimum absolute atomic E-state index is 0.0348. The Hall–Kier alpha value is -1.84. The number of benzene rings is 1. The Kier molecular flexibility index (Phi) is 4.56. The van der Waals surface area contributed by atoms with Gasteiger partial charge in [-0.2, -0.15) is 0 Å². The highest BCUT2D eigenvalue weighted by molar-refractivity contribution is 7.88. The normalized spacial score (nSPS) is 28.1. The van der Waals surface area contributed by atoms with E-state index in [-0.39, 0.29) is 31.6 Å². The first-order valence-electron chi connectivity index (χ1n) is 9.08. The van der Waals surface area contributed by atoms with Crippen LogP contribution in [0.4, 0.5) is 0 Å². The second-order valence-electron chi connectivity index (χ2n) is 7.63. The van der Waals surface area contributed by atoms with Crippen molar-refractivity contribution in [3.8, 4) is 11.5 Å². The molecule has 3 aliphatic rings. The molecule has 0 spiro atoms. The standard InChI is InChI=1S/C18H24N2O6S/c1-27(23,24)20-7-5-18(22)4-6-19(10-14(18)11-20)17(21)9-13-2-3-15-16(8-13)26-12-25-15/h2-3,8,14,22H,4-7,9-12H2,1H3/t14-,18-/m0/s1. The van der Waals surface area contributed by atoms with Crippen LogP contribution in [-0.4, -0.2) is 73.5 Å². The van der Waals surface area contributed by atoms with Crippen LogP contribution in [0.15, 0.2) is 18.2 Å². The molecule has 27 heavy (non-hydrogen) atoms. The molecule has 2 saturated heterocycles. The van der Waals surface area contributed by atoms with Gasteiger partial charge >= 0.3 is 0 Å². The molecule has 4 rings (SSSR count). The molecule has 0 bridgehead atoms. The molecule has 2 atom stereocenters. The van der Waals surface area contributed by atoms with Crippen LogP contribution in [0.1, 0.15) is 18.4 Å². The molecule has 2 fully saturated rings. The second-order valence-corrected chi connectivity index (χ2v) is 9.61. The maximum absolute atomic E-state index is 12.8. The van der Waals surface area contributed by atoms with E-state index in [9.17, 15) is 18.3 Å². The first-order chi connectivity index (χ1) is 12.7. The van der Waals surface area contributed by atoms with Crippen molar-refractivity contribution in [1.82, 2.24) is 9.21 Å². The number of ether oxygens (including phenoxy) is 2. The zero-order valence-corrected chi connectivity index (χ0v) is 16.1. The molecule has 8 nitrogen and oxygen atoms in total. The highest BCUT2D eigenvalue weighted by atomic mass is 32.2. The summed E-state index contributed by atoms with van der Waals surface area (Å²) in [5.41, 5.74) is -0.0528. The van der Waals surface area contributed by atoms with Gasteiger partial charge in [0.1, 0.15) is 0 Å². The van der Waals surface area contributed by atoms with Gasteiger partial charge in [-0.05, 0) is 30.5 Å². The quantitative estimate of drug-likeness (QED) is 0.784. The average molecular weight is 396 g/mol. The molecule has 1 N–H and O–H groups in total. The Morgan fingerprint density at radius 3 is 2.74 bits per heavy atom. The van der Waals surface area contributed by atoms with Gasteiger partial charge in [-0.25, -0.2) is 12.7 Å². The maximum atomic E-state index is 12.8. The SMILES string of the molecule is CS(=O)(=O)N1CC[C@@]2(O)CCN(C(=O)Cc3ccc4c(c3)OCO4)C[C@H]2C1. The number of hydrogen-bond acceptors (Lipinski definition) is 6. The summed E-state index contributed by atoms with van der Waals surface area (Å²) in [6.45, 7) is 1.62. The molecule has 0 aromatic heterocycles. The van der Waals surface area contributed by atoms with Crippen LogP contribution >= 0.6 is 0 Å². The smallest absolute Gasteiger partial charge is 0.231 e. The van der Waals surface area contributed by atoms with Gasteiger partial charge in [0, 0.05) is 32.1 Å². The molecular weight excluding hydrogens is 372 g/mol. The van der Waals surface area contributed by atoms with Gasteiger partial charge < -0.3 is 19.5 Å². The van der Waals surface area contributed by atoms with E-state index < -0.39 is 15.6 Å². The van der Waals surface area contributed by atoms with Gasteiger partial charge in [-0.3, -0.25) is 4.79 Å². The highest BCUT2D eigenvalue weighted by Gasteiger charge is 2.47. The van der Waals surface area contributed by atoms with Gasteiger partial charge in [-0.15, -0.1) is 0 Å². The van der Waals surface area contributed by atoms with Crippen LogP contribution in [0.3, 0.4) is 0 Å². The van der Waals surface area contributed by atoms with E-state index in [1.165, 1.54) is 10.6 Å². The van der Waals surface area contributed by atoms with Gasteiger partial charge in [-0.1, -0.05) is 6.07 Å². The number of carbonyl (C=O) groups is 1. The van der Waals surface area contributed by atoms with E-state index in [1.807, 2.05) is 12.1 Å². The van der Waals surface area contributed by atoms with E-state index in [1.54, 1.807) is 11.0 Å². The lowest BCUT2D eigenvalue weighted by molar-refractivity contribution is -0.143. The lowest BCUT2D eigenvalue weighted by Gasteiger charge is -2.49. The Bertz CT molecular complexity index is 857. The fourth-order valence-corrected chi connectivity index (χ4v) is 5.01. The van der Waals surface area contributed by atoms with Crippen LogP contribution in [0.5, 0.6) is 11.5 Å². The molecule has 3 aliphatic heterocycles. The van der Waals surface area contributed by atoms with Crippen LogP contribution in [-0.2, 0) is 21.2 Å². The van der Waals surface area contributed by atoms with E-state index in [0.717, 1.165) is 5.56 Å². The number of hydrogen-bond donors (Lipinski definition) is 1. The highest BCUT2D eigenvalue weighted by Crippen LogP contribution is 2.37. The molecule has 0 radical (unpaired) electrons. The van der Waals surface area contributed by atoms with Crippen molar-refractivity contribution in [2.75, 3.05) is 39.2 Å². The topological polar surface area (TPSA) is 96.4 Å². The van der Waals surface area contributed by atoms with Crippen molar-refractivity contribution in [2.24, 2.45) is 5.92 Å². The van der Waals surface area contributed by atoms with Crippen molar-refractivity contribution in [3.05, 3.63) is 23.8 Å². The number of carbonyl (C=O) groups excluding carboxylic acids is 1. The van der Waals surface area contributed by atoms with Gasteiger partial charge in [0.2, 0.25) is 22.7 Å². The number of nitrogens with zero attached hydrogens (tertiary/aromatic N) is 2. The van der Waals surface area contributed by atoms with Crippen molar-refractivity contribution in [3.63, 3.8) is 0 Å². The lowest BCUT2D eigenvalue weighted by atomic mass is 9.76. The summed E-state index contributed by atoms with van der Waals surface area (Å²) < 4.78 is 35.7. The molecule has 1 aromatic rings. The zero-order valence-electron chi connectivity index (χ0n) is 15.3. The van der Waals surface area contributed by atoms with Crippen molar-refractivity contribution >= 4 is 15.9 Å². The predicted molar refractivity (Wildman–Crippen MR) is 96.9 cm³/mol. The second kappa shape index (κ2) is 6.65. The number of likely N-dealkylation sites (tertiary alicyclic amines) is 1. The predicted octanol–water partition coefficient (Wildman–Crippen LogP) is 0.203. The number of amides is 1. The average Bonchev–Trinajstić information content (AvgIpc) is 3.07. The Morgan fingerprint density at radius 2 is 1.96 bits per heavy atom. The van der Waals surface area contributed by atoms with Crippen molar-refractivity contribution in [1.29, 1.82) is 0 Å². The monoisotopic (exact) mass is 396 g/mol. The number of rotatable bonds is 3. The Morgan fingerprint density at radius 1 is 1.22 bits per heavy atom. The molecular formula is C18H24N2O6S. The van der Waals surface area contributed by atoms with Crippen molar-refractivity contribution in [2.45, 2.75) is 24.9 Å². The van der Waals surface area contributed by atoms with E-state index in [2.05, 4.69) is 0 Å². The van der Waals surface area contributed by atoms with Crippen LogP contribution in [0.25, 0.3) is 0 Å². The summed E-state index contributed by atoms with van der Waals surface area (Å²) in [7, 11) is -3.30. The van der Waals surface area contributed by atoms with Crippen LogP contribution < -0.4 is 9.47 Å². The number of sulfonamides is 1. The van der Waals surface area contributed by atoms with Crippen molar-refractivity contribution < 1.29 is 27.8 Å². The van der Waals surface area contributed by atoms with E-state index in [4.69, 9.17) is 9.47 Å². The Labute approximate surface area is 158 Å². The molecule has 0 unspecified atom stereocenters. The fourth-order valence-electron chi connectivity index (χ4n) is 4.14. The first kappa shape index (κ1) is 18.5. The summed E-state index contributed by atoms with van der Waals surface area (Å²) in [4.78, 5) is 14.5. The molecule has 0 saturated carbocycles. The van der Waals surface area contributed by atoms with E-state index in [0.29, 0.717) is 44.0 Å². The summed E-state index contributed by atoms with van der Waals surface area (Å²) >= 11 is 0. The summed E-state index contributed by atoms with van der Waals surface area (Å²) in [5.74, 6) is 1.02. The summed E-state index contributed by atoms with van der Waals surface area (Å²) in [6.07, 6.45) is 2.30. The van der Waals surface area contributed by atoms with Gasteiger partial charge in [0.15, 0.2) is 11.5 Å². The van der Waals surface area contributed by atoms with Gasteiger partial charge in [0.05, 0.1) is 18.3 Å². The van der Waals surface area contributed by atoms with Gasteiger partial charge in [0.25, 0.3) is 0 Å². The molecule has 9 heteroatoms. The molecule has 148 valence electrons. The molecule has 0 aliphatic carbocycles. The summed E-state index contributed by atoms with van der Waals surface area (Å²) in [6, 6.07) is 5.45. The zero-order chi connectivity index (χ0) is 19.2. The molecule has 3 heterocycles. The minimum atomic E-state index is -3.30. The maximum Gasteiger partial charge on any atom is 0.231 e. The number of aliphatic hydroxyl groups is 1. The fraction of sp³-hybridized carbons (Fsp3) is 0.611. The number of piperidine rings is 2. The third kappa shape index (κ3) is 3.63. The summed E-state index contributed by atoms with van der Waals surface area (Å²) in [5, 5.41) is 10.9.